The summed E-state index contributed by atoms with van der Waals surface area (Å²) in [6.07, 6.45) is 4.67. The lowest BCUT2D eigenvalue weighted by molar-refractivity contribution is -0.0750. The van der Waals surface area contributed by atoms with E-state index in [-0.39, 0.29) is 5.78 Å². The van der Waals surface area contributed by atoms with Crippen molar-refractivity contribution in [2.24, 2.45) is 5.41 Å². The highest BCUT2D eigenvalue weighted by molar-refractivity contribution is 6.00. The van der Waals surface area contributed by atoms with Gasteiger partial charge in [0.1, 0.15) is 0 Å². The largest absolute Gasteiger partial charge is 0.389 e. The zero-order chi connectivity index (χ0) is 13.2. The summed E-state index contributed by atoms with van der Waals surface area (Å²) in [7, 11) is 0. The van der Waals surface area contributed by atoms with Crippen molar-refractivity contribution in [3.63, 3.8) is 0 Å². The number of benzene rings is 1. The second kappa shape index (κ2) is 4.85. The van der Waals surface area contributed by atoms with Gasteiger partial charge in [0, 0.05) is 5.56 Å². The van der Waals surface area contributed by atoms with Gasteiger partial charge >= 0.3 is 0 Å². The highest BCUT2D eigenvalue weighted by Gasteiger charge is 2.48. The smallest absolute Gasteiger partial charge is 0.171 e. The van der Waals surface area contributed by atoms with Crippen molar-refractivity contribution in [2.45, 2.75) is 51.6 Å². The second-order valence-corrected chi connectivity index (χ2v) is 5.91. The van der Waals surface area contributed by atoms with Crippen molar-refractivity contribution in [1.29, 1.82) is 0 Å². The number of carbonyl (C=O) groups is 1. The molecule has 0 atom stereocenters. The lowest BCUT2D eigenvalue weighted by atomic mass is 9.64. The number of rotatable bonds is 3. The molecule has 0 saturated heterocycles. The Morgan fingerprint density at radius 2 is 1.67 bits per heavy atom. The summed E-state index contributed by atoms with van der Waals surface area (Å²) < 4.78 is 0. The van der Waals surface area contributed by atoms with E-state index in [1.165, 1.54) is 0 Å². The topological polar surface area (TPSA) is 37.3 Å². The summed E-state index contributed by atoms with van der Waals surface area (Å²) in [5, 5.41) is 10.8. The van der Waals surface area contributed by atoms with Crippen LogP contribution in [-0.4, -0.2) is 16.5 Å². The highest BCUT2D eigenvalue weighted by Crippen LogP contribution is 2.44. The third-order valence-electron chi connectivity index (χ3n) is 4.45. The van der Waals surface area contributed by atoms with E-state index in [1.54, 1.807) is 0 Å². The summed E-state index contributed by atoms with van der Waals surface area (Å²) in [6.45, 7) is 3.77. The SMILES string of the molecule is CC(C)(C(=O)c1ccccc1)C1(O)CCCCC1. The molecule has 1 fully saturated rings. The van der Waals surface area contributed by atoms with Crippen molar-refractivity contribution in [3.05, 3.63) is 35.9 Å². The molecular weight excluding hydrogens is 224 g/mol. The fraction of sp³-hybridized carbons (Fsp3) is 0.562. The maximum atomic E-state index is 12.6. The minimum atomic E-state index is -0.849. The molecule has 0 radical (unpaired) electrons. The van der Waals surface area contributed by atoms with Crippen LogP contribution < -0.4 is 0 Å². The van der Waals surface area contributed by atoms with E-state index in [0.29, 0.717) is 5.56 Å². The quantitative estimate of drug-likeness (QED) is 0.827. The van der Waals surface area contributed by atoms with Gasteiger partial charge in [-0.2, -0.15) is 0 Å². The third kappa shape index (κ3) is 2.22. The molecule has 1 aromatic carbocycles. The van der Waals surface area contributed by atoms with Crippen LogP contribution in [0.15, 0.2) is 30.3 Å². The van der Waals surface area contributed by atoms with Gasteiger partial charge in [-0.05, 0) is 26.7 Å². The van der Waals surface area contributed by atoms with Gasteiger partial charge in [0.2, 0.25) is 0 Å². The van der Waals surface area contributed by atoms with Crippen molar-refractivity contribution in [3.8, 4) is 0 Å². The first-order chi connectivity index (χ1) is 8.47. The van der Waals surface area contributed by atoms with Crippen LogP contribution in [0.25, 0.3) is 0 Å². The highest BCUT2D eigenvalue weighted by atomic mass is 16.3. The molecule has 0 aliphatic heterocycles. The van der Waals surface area contributed by atoms with Crippen molar-refractivity contribution >= 4 is 5.78 Å². The molecule has 0 spiro atoms. The van der Waals surface area contributed by atoms with Gasteiger partial charge in [-0.1, -0.05) is 49.6 Å². The minimum absolute atomic E-state index is 0.0486. The molecule has 18 heavy (non-hydrogen) atoms. The standard InChI is InChI=1S/C16H22O2/c1-15(2,16(18)11-7-4-8-12-16)14(17)13-9-5-3-6-10-13/h3,5-6,9-10,18H,4,7-8,11-12H2,1-2H3. The Kier molecular flexibility index (Phi) is 3.58. The summed E-state index contributed by atoms with van der Waals surface area (Å²) in [5.41, 5.74) is -0.867. The van der Waals surface area contributed by atoms with E-state index < -0.39 is 11.0 Å². The maximum Gasteiger partial charge on any atom is 0.171 e. The van der Waals surface area contributed by atoms with Crippen LogP contribution in [-0.2, 0) is 0 Å². The number of aliphatic hydroxyl groups is 1. The van der Waals surface area contributed by atoms with Gasteiger partial charge in [0.15, 0.2) is 5.78 Å². The van der Waals surface area contributed by atoms with Crippen LogP contribution in [0.2, 0.25) is 0 Å². The Morgan fingerprint density at radius 1 is 1.11 bits per heavy atom. The summed E-state index contributed by atoms with van der Waals surface area (Å²) in [6, 6.07) is 9.30. The zero-order valence-electron chi connectivity index (χ0n) is 11.3. The van der Waals surface area contributed by atoms with Crippen LogP contribution in [0.3, 0.4) is 0 Å². The first-order valence-corrected chi connectivity index (χ1v) is 6.80. The van der Waals surface area contributed by atoms with E-state index in [1.807, 2.05) is 44.2 Å². The fourth-order valence-electron chi connectivity index (χ4n) is 2.92. The van der Waals surface area contributed by atoms with Crippen LogP contribution in [0.5, 0.6) is 0 Å². The van der Waals surface area contributed by atoms with E-state index in [2.05, 4.69) is 0 Å². The van der Waals surface area contributed by atoms with Gasteiger partial charge in [-0.3, -0.25) is 4.79 Å². The molecule has 98 valence electrons. The third-order valence-corrected chi connectivity index (χ3v) is 4.45. The van der Waals surface area contributed by atoms with Crippen molar-refractivity contribution in [1.82, 2.24) is 0 Å². The Morgan fingerprint density at radius 3 is 2.22 bits per heavy atom. The van der Waals surface area contributed by atoms with Gasteiger partial charge < -0.3 is 5.11 Å². The van der Waals surface area contributed by atoms with Crippen LogP contribution >= 0.6 is 0 Å². The zero-order valence-corrected chi connectivity index (χ0v) is 11.3. The molecule has 0 heterocycles. The molecule has 1 N–H and O–H groups in total. The van der Waals surface area contributed by atoms with Crippen molar-refractivity contribution < 1.29 is 9.90 Å². The molecule has 2 nitrogen and oxygen atoms in total. The molecule has 1 saturated carbocycles. The average molecular weight is 246 g/mol. The van der Waals surface area contributed by atoms with E-state index in [0.717, 1.165) is 32.1 Å². The molecule has 1 aliphatic carbocycles. The van der Waals surface area contributed by atoms with E-state index in [4.69, 9.17) is 0 Å². The second-order valence-electron chi connectivity index (χ2n) is 5.91. The van der Waals surface area contributed by atoms with Crippen LogP contribution in [0, 0.1) is 5.41 Å². The molecule has 2 heteroatoms. The summed E-state index contributed by atoms with van der Waals surface area (Å²) in [5.74, 6) is 0.0486. The molecule has 0 amide bonds. The molecule has 1 aromatic rings. The van der Waals surface area contributed by atoms with Crippen molar-refractivity contribution in [2.75, 3.05) is 0 Å². The van der Waals surface area contributed by atoms with Gasteiger partial charge in [-0.15, -0.1) is 0 Å². The first kappa shape index (κ1) is 13.3. The monoisotopic (exact) mass is 246 g/mol. The lowest BCUT2D eigenvalue weighted by Gasteiger charge is -2.44. The Balaban J connectivity index is 2.27. The van der Waals surface area contributed by atoms with Crippen LogP contribution in [0.1, 0.15) is 56.3 Å². The summed E-state index contributed by atoms with van der Waals surface area (Å²) >= 11 is 0. The predicted molar refractivity (Wildman–Crippen MR) is 72.6 cm³/mol. The van der Waals surface area contributed by atoms with E-state index in [9.17, 15) is 9.90 Å². The first-order valence-electron chi connectivity index (χ1n) is 6.80. The fourth-order valence-corrected chi connectivity index (χ4v) is 2.92. The number of Topliss-reactive ketones (excluding diaryl/α,β-unsaturated/α-hetero) is 1. The Labute approximate surface area is 109 Å². The number of hydrogen-bond donors (Lipinski definition) is 1. The van der Waals surface area contributed by atoms with Gasteiger partial charge in [-0.25, -0.2) is 0 Å². The molecule has 1 aliphatic rings. The number of carbonyl (C=O) groups excluding carboxylic acids is 1. The minimum Gasteiger partial charge on any atom is -0.389 e. The lowest BCUT2D eigenvalue weighted by Crippen LogP contribution is -2.50. The van der Waals surface area contributed by atoms with Gasteiger partial charge in [0.05, 0.1) is 11.0 Å². The number of hydrogen-bond acceptors (Lipinski definition) is 2. The molecule has 2 rings (SSSR count). The Hall–Kier alpha value is -1.15. The molecular formula is C16H22O2. The normalized spacial score (nSPS) is 19.5. The maximum absolute atomic E-state index is 12.6. The van der Waals surface area contributed by atoms with Gasteiger partial charge in [0.25, 0.3) is 0 Å². The Bertz CT molecular complexity index is 414. The summed E-state index contributed by atoms with van der Waals surface area (Å²) in [4.78, 5) is 12.6. The number of ketones is 1. The molecule has 0 bridgehead atoms. The van der Waals surface area contributed by atoms with Crippen LogP contribution in [0.4, 0.5) is 0 Å². The molecule has 0 unspecified atom stereocenters. The molecule has 0 aromatic heterocycles. The predicted octanol–water partition coefficient (Wildman–Crippen LogP) is 3.59. The average Bonchev–Trinajstić information content (AvgIpc) is 2.39. The van der Waals surface area contributed by atoms with E-state index >= 15 is 0 Å².